The van der Waals surface area contributed by atoms with E-state index in [4.69, 9.17) is 0 Å². The minimum absolute atomic E-state index is 0.0282. The van der Waals surface area contributed by atoms with Crippen LogP contribution in [0.3, 0.4) is 0 Å². The molecule has 1 heterocycles. The molecule has 1 aromatic rings. The molecule has 0 aliphatic rings. The molecular formula is C13H23N3O. The molecule has 0 fully saturated rings. The molecule has 0 saturated carbocycles. The Morgan fingerprint density at radius 2 is 2.12 bits per heavy atom. The van der Waals surface area contributed by atoms with Crippen molar-refractivity contribution in [2.45, 2.75) is 46.7 Å². The number of nitrogens with zero attached hydrogens (tertiary/aromatic N) is 2. The van der Waals surface area contributed by atoms with Crippen molar-refractivity contribution in [1.29, 1.82) is 0 Å². The average Bonchev–Trinajstić information content (AvgIpc) is 2.28. The van der Waals surface area contributed by atoms with Gasteiger partial charge in [0.05, 0.1) is 12.2 Å². The summed E-state index contributed by atoms with van der Waals surface area (Å²) < 4.78 is 1.56. The van der Waals surface area contributed by atoms with E-state index in [1.165, 1.54) is 0 Å². The largest absolute Gasteiger partial charge is 0.312 e. The summed E-state index contributed by atoms with van der Waals surface area (Å²) in [5.74, 6) is 0.482. The fourth-order valence-corrected chi connectivity index (χ4v) is 1.71. The SMILES string of the molecule is CCCNC(Cn1nc(C)ccc1=O)C(C)C. The summed E-state index contributed by atoms with van der Waals surface area (Å²) >= 11 is 0. The van der Waals surface area contributed by atoms with E-state index in [9.17, 15) is 4.79 Å². The summed E-state index contributed by atoms with van der Waals surface area (Å²) in [6.07, 6.45) is 1.10. The monoisotopic (exact) mass is 237 g/mol. The van der Waals surface area contributed by atoms with Crippen LogP contribution in [0.25, 0.3) is 0 Å². The van der Waals surface area contributed by atoms with E-state index in [1.807, 2.05) is 6.92 Å². The number of hydrogen-bond acceptors (Lipinski definition) is 3. The van der Waals surface area contributed by atoms with Crippen LogP contribution in [0.1, 0.15) is 32.9 Å². The molecule has 1 unspecified atom stereocenters. The Morgan fingerprint density at radius 1 is 1.41 bits per heavy atom. The van der Waals surface area contributed by atoms with E-state index in [2.05, 4.69) is 31.2 Å². The third kappa shape index (κ3) is 4.30. The first-order valence-corrected chi connectivity index (χ1v) is 6.32. The maximum atomic E-state index is 11.7. The number of nitrogens with one attached hydrogen (secondary N) is 1. The molecule has 1 rings (SSSR count). The highest BCUT2D eigenvalue weighted by Gasteiger charge is 2.14. The zero-order valence-corrected chi connectivity index (χ0v) is 11.2. The van der Waals surface area contributed by atoms with Crippen LogP contribution in [0.5, 0.6) is 0 Å². The molecule has 1 atom stereocenters. The van der Waals surface area contributed by atoms with Gasteiger partial charge in [0.25, 0.3) is 5.56 Å². The Hall–Kier alpha value is -1.16. The van der Waals surface area contributed by atoms with Crippen LogP contribution in [0.15, 0.2) is 16.9 Å². The standard InChI is InChI=1S/C13H23N3O/c1-5-8-14-12(10(2)3)9-16-13(17)7-6-11(4)15-16/h6-7,10,12,14H,5,8-9H2,1-4H3. The van der Waals surface area contributed by atoms with E-state index in [-0.39, 0.29) is 5.56 Å². The van der Waals surface area contributed by atoms with Gasteiger partial charge in [0, 0.05) is 12.1 Å². The summed E-state index contributed by atoms with van der Waals surface area (Å²) in [5, 5.41) is 7.73. The van der Waals surface area contributed by atoms with Crippen molar-refractivity contribution in [1.82, 2.24) is 15.1 Å². The molecular weight excluding hydrogens is 214 g/mol. The molecule has 1 aromatic heterocycles. The number of rotatable bonds is 6. The van der Waals surface area contributed by atoms with Gasteiger partial charge in [-0.05, 0) is 31.9 Å². The van der Waals surface area contributed by atoms with Gasteiger partial charge in [-0.1, -0.05) is 20.8 Å². The zero-order chi connectivity index (χ0) is 12.8. The van der Waals surface area contributed by atoms with Gasteiger partial charge >= 0.3 is 0 Å². The highest BCUT2D eigenvalue weighted by Crippen LogP contribution is 2.03. The van der Waals surface area contributed by atoms with E-state index < -0.39 is 0 Å². The molecule has 0 aromatic carbocycles. The van der Waals surface area contributed by atoms with Gasteiger partial charge in [-0.15, -0.1) is 0 Å². The van der Waals surface area contributed by atoms with Gasteiger partial charge < -0.3 is 5.32 Å². The fourth-order valence-electron chi connectivity index (χ4n) is 1.71. The normalized spacial score (nSPS) is 13.0. The molecule has 1 N–H and O–H groups in total. The van der Waals surface area contributed by atoms with E-state index in [0.717, 1.165) is 18.7 Å². The van der Waals surface area contributed by atoms with Crippen LogP contribution in [0, 0.1) is 12.8 Å². The number of aryl methyl sites for hydroxylation is 1. The van der Waals surface area contributed by atoms with Crippen molar-refractivity contribution < 1.29 is 0 Å². The summed E-state index contributed by atoms with van der Waals surface area (Å²) in [4.78, 5) is 11.7. The number of aromatic nitrogens is 2. The van der Waals surface area contributed by atoms with Gasteiger partial charge in [0.15, 0.2) is 0 Å². The van der Waals surface area contributed by atoms with Crippen molar-refractivity contribution in [3.63, 3.8) is 0 Å². The fraction of sp³-hybridized carbons (Fsp3) is 0.692. The van der Waals surface area contributed by atoms with E-state index in [0.29, 0.717) is 18.5 Å². The van der Waals surface area contributed by atoms with Crippen molar-refractivity contribution in [3.05, 3.63) is 28.2 Å². The third-order valence-electron chi connectivity index (χ3n) is 2.83. The lowest BCUT2D eigenvalue weighted by Gasteiger charge is -2.22. The van der Waals surface area contributed by atoms with Crippen LogP contribution in [-0.4, -0.2) is 22.4 Å². The Morgan fingerprint density at radius 3 is 2.71 bits per heavy atom. The smallest absolute Gasteiger partial charge is 0.266 e. The van der Waals surface area contributed by atoms with Crippen LogP contribution >= 0.6 is 0 Å². The van der Waals surface area contributed by atoms with Crippen LogP contribution in [-0.2, 0) is 6.54 Å². The molecule has 0 spiro atoms. The molecule has 17 heavy (non-hydrogen) atoms. The first kappa shape index (κ1) is 13.9. The van der Waals surface area contributed by atoms with Crippen molar-refractivity contribution in [2.24, 2.45) is 5.92 Å². The van der Waals surface area contributed by atoms with Crippen LogP contribution in [0.2, 0.25) is 0 Å². The van der Waals surface area contributed by atoms with Gasteiger partial charge in [-0.2, -0.15) is 5.10 Å². The summed E-state index contributed by atoms with van der Waals surface area (Å²) in [5.41, 5.74) is 0.849. The Bertz CT molecular complexity index is 398. The Labute approximate surface area is 103 Å². The van der Waals surface area contributed by atoms with Crippen molar-refractivity contribution in [2.75, 3.05) is 6.54 Å². The molecule has 4 nitrogen and oxygen atoms in total. The van der Waals surface area contributed by atoms with Gasteiger partial charge in [-0.3, -0.25) is 4.79 Å². The highest BCUT2D eigenvalue weighted by atomic mass is 16.1. The molecule has 0 saturated heterocycles. The predicted molar refractivity (Wildman–Crippen MR) is 70.2 cm³/mol. The third-order valence-corrected chi connectivity index (χ3v) is 2.83. The molecule has 0 bridgehead atoms. The summed E-state index contributed by atoms with van der Waals surface area (Å²) in [7, 11) is 0. The molecule has 0 amide bonds. The lowest BCUT2D eigenvalue weighted by Crippen LogP contribution is -2.41. The Balaban J connectivity index is 2.78. The molecule has 4 heteroatoms. The maximum absolute atomic E-state index is 11.7. The lowest BCUT2D eigenvalue weighted by atomic mass is 10.0. The average molecular weight is 237 g/mol. The van der Waals surface area contributed by atoms with Crippen molar-refractivity contribution in [3.8, 4) is 0 Å². The van der Waals surface area contributed by atoms with Gasteiger partial charge in [-0.25, -0.2) is 4.68 Å². The first-order valence-electron chi connectivity index (χ1n) is 6.32. The van der Waals surface area contributed by atoms with Crippen LogP contribution in [0.4, 0.5) is 0 Å². The summed E-state index contributed by atoms with van der Waals surface area (Å²) in [6.45, 7) is 9.98. The van der Waals surface area contributed by atoms with Crippen LogP contribution < -0.4 is 10.9 Å². The molecule has 0 aliphatic carbocycles. The summed E-state index contributed by atoms with van der Waals surface area (Å²) in [6, 6.07) is 3.63. The first-order chi connectivity index (χ1) is 8.04. The van der Waals surface area contributed by atoms with E-state index in [1.54, 1.807) is 16.8 Å². The van der Waals surface area contributed by atoms with Gasteiger partial charge in [0.1, 0.15) is 0 Å². The topological polar surface area (TPSA) is 46.9 Å². The second kappa shape index (κ2) is 6.55. The molecule has 0 radical (unpaired) electrons. The zero-order valence-electron chi connectivity index (χ0n) is 11.2. The highest BCUT2D eigenvalue weighted by molar-refractivity contribution is 4.97. The minimum atomic E-state index is -0.0282. The lowest BCUT2D eigenvalue weighted by molar-refractivity contribution is 0.336. The quantitative estimate of drug-likeness (QED) is 0.817. The minimum Gasteiger partial charge on any atom is -0.312 e. The molecule has 0 aliphatic heterocycles. The predicted octanol–water partition coefficient (Wildman–Crippen LogP) is 1.58. The van der Waals surface area contributed by atoms with Crippen molar-refractivity contribution >= 4 is 0 Å². The Kier molecular flexibility index (Phi) is 5.35. The number of hydrogen-bond donors (Lipinski definition) is 1. The molecule has 96 valence electrons. The van der Waals surface area contributed by atoms with Gasteiger partial charge in [0.2, 0.25) is 0 Å². The van der Waals surface area contributed by atoms with E-state index >= 15 is 0 Å². The second-order valence-corrected chi connectivity index (χ2v) is 4.80. The maximum Gasteiger partial charge on any atom is 0.266 e. The second-order valence-electron chi connectivity index (χ2n) is 4.80.